The second-order valence-corrected chi connectivity index (χ2v) is 4.95. The summed E-state index contributed by atoms with van der Waals surface area (Å²) >= 11 is 0. The third-order valence-electron chi connectivity index (χ3n) is 3.46. The lowest BCUT2D eigenvalue weighted by molar-refractivity contribution is 0.198. The monoisotopic (exact) mass is 248 g/mol. The number of amidine groups is 1. The molecule has 0 aliphatic carbocycles. The maximum absolute atomic E-state index is 8.66. The second kappa shape index (κ2) is 5.82. The van der Waals surface area contributed by atoms with Crippen molar-refractivity contribution in [3.8, 4) is 0 Å². The molecule has 0 saturated carbocycles. The van der Waals surface area contributed by atoms with Gasteiger partial charge in [0.2, 0.25) is 0 Å². The molecule has 0 bridgehead atoms. The second-order valence-electron chi connectivity index (χ2n) is 4.95. The fourth-order valence-corrected chi connectivity index (χ4v) is 2.43. The largest absolute Gasteiger partial charge is 0.409 e. The van der Waals surface area contributed by atoms with E-state index in [0.29, 0.717) is 5.84 Å². The van der Waals surface area contributed by atoms with Gasteiger partial charge in [0.25, 0.3) is 0 Å². The lowest BCUT2D eigenvalue weighted by Gasteiger charge is -2.31. The van der Waals surface area contributed by atoms with E-state index in [0.717, 1.165) is 32.5 Å². The molecule has 1 fully saturated rings. The normalized spacial score (nSPS) is 19.1. The third-order valence-corrected chi connectivity index (χ3v) is 3.46. The van der Waals surface area contributed by atoms with Crippen LogP contribution in [0.15, 0.2) is 23.6 Å². The number of oxime groups is 1. The van der Waals surface area contributed by atoms with E-state index in [-0.39, 0.29) is 5.92 Å². The van der Waals surface area contributed by atoms with E-state index < -0.39 is 0 Å². The zero-order valence-corrected chi connectivity index (χ0v) is 10.7. The quantitative estimate of drug-likeness (QED) is 0.366. The predicted octanol–water partition coefficient (Wildman–Crippen LogP) is 1.35. The van der Waals surface area contributed by atoms with E-state index in [9.17, 15) is 0 Å². The average Bonchev–Trinajstić information content (AvgIpc) is 2.39. The number of likely N-dealkylation sites (tertiary alicyclic amines) is 1. The van der Waals surface area contributed by atoms with Crippen molar-refractivity contribution in [1.29, 1.82) is 0 Å². The van der Waals surface area contributed by atoms with Crippen molar-refractivity contribution >= 4 is 5.84 Å². The predicted molar refractivity (Wildman–Crippen MR) is 70.4 cm³/mol. The number of aromatic nitrogens is 1. The molecule has 0 amide bonds. The SMILES string of the molecule is Cc1cncc(CN2CCC(/C(N)=N/O)CC2)c1. The highest BCUT2D eigenvalue weighted by Crippen LogP contribution is 2.19. The fraction of sp³-hybridized carbons (Fsp3) is 0.538. The summed E-state index contributed by atoms with van der Waals surface area (Å²) in [5.41, 5.74) is 8.08. The van der Waals surface area contributed by atoms with Crippen molar-refractivity contribution in [2.24, 2.45) is 16.8 Å². The highest BCUT2D eigenvalue weighted by Gasteiger charge is 2.22. The molecule has 2 heterocycles. The zero-order chi connectivity index (χ0) is 13.0. The van der Waals surface area contributed by atoms with Crippen molar-refractivity contribution in [3.05, 3.63) is 29.6 Å². The lowest BCUT2D eigenvalue weighted by Crippen LogP contribution is -2.38. The number of nitrogens with two attached hydrogens (primary N) is 1. The van der Waals surface area contributed by atoms with E-state index in [1.54, 1.807) is 0 Å². The summed E-state index contributed by atoms with van der Waals surface area (Å²) in [5, 5.41) is 11.8. The van der Waals surface area contributed by atoms with Crippen LogP contribution in [0.1, 0.15) is 24.0 Å². The zero-order valence-electron chi connectivity index (χ0n) is 10.7. The molecule has 5 nitrogen and oxygen atoms in total. The highest BCUT2D eigenvalue weighted by atomic mass is 16.4. The topological polar surface area (TPSA) is 74.7 Å². The van der Waals surface area contributed by atoms with Crippen molar-refractivity contribution in [2.45, 2.75) is 26.3 Å². The lowest BCUT2D eigenvalue weighted by atomic mass is 9.95. The van der Waals surface area contributed by atoms with Gasteiger partial charge in [0.05, 0.1) is 0 Å². The number of piperidine rings is 1. The number of aryl methyl sites for hydroxylation is 1. The molecule has 3 N–H and O–H groups in total. The van der Waals surface area contributed by atoms with Crippen LogP contribution in [0, 0.1) is 12.8 Å². The molecule has 0 radical (unpaired) electrons. The van der Waals surface area contributed by atoms with Gasteiger partial charge in [0, 0.05) is 24.9 Å². The minimum absolute atomic E-state index is 0.224. The van der Waals surface area contributed by atoms with Crippen molar-refractivity contribution in [2.75, 3.05) is 13.1 Å². The highest BCUT2D eigenvalue weighted by molar-refractivity contribution is 5.82. The Kier molecular flexibility index (Phi) is 4.15. The van der Waals surface area contributed by atoms with Gasteiger partial charge in [0.15, 0.2) is 0 Å². The molecular weight excluding hydrogens is 228 g/mol. The molecule has 0 atom stereocenters. The van der Waals surface area contributed by atoms with Crippen LogP contribution in [0.5, 0.6) is 0 Å². The molecule has 0 aromatic carbocycles. The summed E-state index contributed by atoms with van der Waals surface area (Å²) in [6.45, 7) is 4.95. The van der Waals surface area contributed by atoms with Crippen molar-refractivity contribution in [1.82, 2.24) is 9.88 Å². The van der Waals surface area contributed by atoms with Gasteiger partial charge in [-0.1, -0.05) is 11.2 Å². The van der Waals surface area contributed by atoms with Gasteiger partial charge in [-0.05, 0) is 44.0 Å². The molecule has 5 heteroatoms. The molecule has 18 heavy (non-hydrogen) atoms. The molecule has 1 saturated heterocycles. The molecule has 98 valence electrons. The van der Waals surface area contributed by atoms with Crippen LogP contribution in [-0.4, -0.2) is 34.0 Å². The maximum atomic E-state index is 8.66. The number of nitrogens with zero attached hydrogens (tertiary/aromatic N) is 3. The van der Waals surface area contributed by atoms with Gasteiger partial charge in [-0.25, -0.2) is 0 Å². The summed E-state index contributed by atoms with van der Waals surface area (Å²) in [6.07, 6.45) is 5.70. The van der Waals surface area contributed by atoms with Crippen LogP contribution in [0.25, 0.3) is 0 Å². The van der Waals surface area contributed by atoms with E-state index in [1.807, 2.05) is 12.4 Å². The molecule has 1 aromatic rings. The molecule has 0 spiro atoms. The first-order valence-electron chi connectivity index (χ1n) is 6.29. The molecule has 1 aliphatic rings. The number of hydrogen-bond acceptors (Lipinski definition) is 4. The van der Waals surface area contributed by atoms with E-state index in [1.165, 1.54) is 11.1 Å². The van der Waals surface area contributed by atoms with Crippen LogP contribution < -0.4 is 5.73 Å². The van der Waals surface area contributed by atoms with Gasteiger partial charge in [-0.2, -0.15) is 0 Å². The fourth-order valence-electron chi connectivity index (χ4n) is 2.43. The minimum atomic E-state index is 0.224. The first-order valence-corrected chi connectivity index (χ1v) is 6.29. The standard InChI is InChI=1S/C13H20N4O/c1-10-6-11(8-15-7-10)9-17-4-2-12(3-5-17)13(14)16-18/h6-8,12,18H,2-5,9H2,1H3,(H2,14,16). The van der Waals surface area contributed by atoms with E-state index >= 15 is 0 Å². The minimum Gasteiger partial charge on any atom is -0.409 e. The first kappa shape index (κ1) is 12.8. The Balaban J connectivity index is 1.87. The van der Waals surface area contributed by atoms with Crippen LogP contribution in [0.4, 0.5) is 0 Å². The van der Waals surface area contributed by atoms with E-state index in [2.05, 4.69) is 28.0 Å². The summed E-state index contributed by atoms with van der Waals surface area (Å²) in [4.78, 5) is 6.59. The van der Waals surface area contributed by atoms with Gasteiger partial charge in [-0.3, -0.25) is 9.88 Å². The molecule has 0 unspecified atom stereocenters. The average molecular weight is 248 g/mol. The van der Waals surface area contributed by atoms with Crippen LogP contribution in [-0.2, 0) is 6.54 Å². The third kappa shape index (κ3) is 3.20. The van der Waals surface area contributed by atoms with Gasteiger partial charge in [0.1, 0.15) is 5.84 Å². The molecular formula is C13H20N4O. The number of rotatable bonds is 3. The van der Waals surface area contributed by atoms with Crippen LogP contribution >= 0.6 is 0 Å². The summed E-state index contributed by atoms with van der Waals surface area (Å²) in [5.74, 6) is 0.591. The van der Waals surface area contributed by atoms with Gasteiger partial charge >= 0.3 is 0 Å². The summed E-state index contributed by atoms with van der Waals surface area (Å²) in [6, 6.07) is 2.17. The smallest absolute Gasteiger partial charge is 0.142 e. The van der Waals surface area contributed by atoms with Crippen LogP contribution in [0.2, 0.25) is 0 Å². The van der Waals surface area contributed by atoms with Crippen LogP contribution in [0.3, 0.4) is 0 Å². The Morgan fingerprint density at radius 3 is 2.83 bits per heavy atom. The van der Waals surface area contributed by atoms with Gasteiger partial charge in [-0.15, -0.1) is 0 Å². The molecule has 2 rings (SSSR count). The van der Waals surface area contributed by atoms with E-state index in [4.69, 9.17) is 10.9 Å². The Hall–Kier alpha value is -1.62. The Labute approximate surface area is 107 Å². The Morgan fingerprint density at radius 1 is 1.50 bits per heavy atom. The summed E-state index contributed by atoms with van der Waals surface area (Å²) in [7, 11) is 0. The van der Waals surface area contributed by atoms with Crippen molar-refractivity contribution < 1.29 is 5.21 Å². The Morgan fingerprint density at radius 2 is 2.22 bits per heavy atom. The summed E-state index contributed by atoms with van der Waals surface area (Å²) < 4.78 is 0. The number of pyridine rings is 1. The Bertz CT molecular complexity index is 425. The molecule has 1 aromatic heterocycles. The van der Waals surface area contributed by atoms with Crippen molar-refractivity contribution in [3.63, 3.8) is 0 Å². The van der Waals surface area contributed by atoms with Gasteiger partial charge < -0.3 is 10.9 Å². The molecule has 1 aliphatic heterocycles. The first-order chi connectivity index (χ1) is 8.69. The maximum Gasteiger partial charge on any atom is 0.142 e. The number of hydrogen-bond donors (Lipinski definition) is 2.